The van der Waals surface area contributed by atoms with Crippen molar-refractivity contribution in [1.82, 2.24) is 0 Å². The van der Waals surface area contributed by atoms with Crippen LogP contribution in [-0.4, -0.2) is 5.60 Å². The zero-order valence-corrected chi connectivity index (χ0v) is 19.6. The molecule has 0 amide bonds. The lowest BCUT2D eigenvalue weighted by Gasteiger charge is -2.43. The van der Waals surface area contributed by atoms with Crippen LogP contribution in [0.4, 0.5) is 0 Å². The van der Waals surface area contributed by atoms with Gasteiger partial charge in [0.05, 0.1) is 5.56 Å². The number of hydrogen-bond acceptors (Lipinski definition) is 1. The van der Waals surface area contributed by atoms with Crippen LogP contribution >= 0.6 is 0 Å². The average molecular weight is 413 g/mol. The second-order valence-electron chi connectivity index (χ2n) is 10.2. The van der Waals surface area contributed by atoms with E-state index < -0.39 is 0 Å². The first-order valence-corrected chi connectivity index (χ1v) is 11.7. The Morgan fingerprint density at radius 1 is 0.839 bits per heavy atom. The molecular formula is C29H34NO+. The topological polar surface area (TPSA) is 13.1 Å². The van der Waals surface area contributed by atoms with Gasteiger partial charge in [0, 0.05) is 23.1 Å². The molecule has 1 spiro atoms. The summed E-state index contributed by atoms with van der Waals surface area (Å²) in [4.78, 5) is 0. The Kier molecular flexibility index (Phi) is 4.73. The Morgan fingerprint density at radius 2 is 1.55 bits per heavy atom. The lowest BCUT2D eigenvalue weighted by atomic mass is 9.62. The standard InChI is InChI=1S/C29H34NO/c1-20-9-12-22(13-10-20)23-15-18-30(5)25(19-23)26-21(2)11-14-24-27(26)31-28(3,4)29(24)16-7-6-8-17-29/h9-15,18-19H,6-8,16-17H2,1-5H3/q+1. The van der Waals surface area contributed by atoms with Crippen LogP contribution < -0.4 is 9.30 Å². The Hall–Kier alpha value is -2.61. The number of aromatic nitrogens is 1. The fraction of sp³-hybridized carbons (Fsp3) is 0.414. The van der Waals surface area contributed by atoms with Crippen LogP contribution in [0.25, 0.3) is 22.4 Å². The minimum absolute atomic E-state index is 0.135. The van der Waals surface area contributed by atoms with Crippen LogP contribution in [0, 0.1) is 13.8 Å². The minimum Gasteiger partial charge on any atom is -0.486 e. The quantitative estimate of drug-likeness (QED) is 0.420. The molecule has 0 saturated heterocycles. The van der Waals surface area contributed by atoms with Crippen LogP contribution in [0.15, 0.2) is 54.7 Å². The zero-order chi connectivity index (χ0) is 21.8. The number of ether oxygens (including phenoxy) is 1. The van der Waals surface area contributed by atoms with E-state index in [1.54, 1.807) is 0 Å². The summed E-state index contributed by atoms with van der Waals surface area (Å²) in [6.07, 6.45) is 8.58. The highest BCUT2D eigenvalue weighted by Gasteiger charge is 2.55. The second-order valence-corrected chi connectivity index (χ2v) is 10.2. The smallest absolute Gasteiger partial charge is 0.216 e. The highest BCUT2D eigenvalue weighted by molar-refractivity contribution is 5.77. The summed E-state index contributed by atoms with van der Waals surface area (Å²) < 4.78 is 9.10. The van der Waals surface area contributed by atoms with Crippen LogP contribution in [0.1, 0.15) is 62.6 Å². The summed E-state index contributed by atoms with van der Waals surface area (Å²) in [7, 11) is 2.14. The van der Waals surface area contributed by atoms with Gasteiger partial charge >= 0.3 is 0 Å². The minimum atomic E-state index is -0.175. The van der Waals surface area contributed by atoms with E-state index >= 15 is 0 Å². The highest BCUT2D eigenvalue weighted by Crippen LogP contribution is 2.58. The fourth-order valence-electron chi connectivity index (χ4n) is 5.93. The van der Waals surface area contributed by atoms with Gasteiger partial charge in [0.2, 0.25) is 5.69 Å². The molecule has 1 aliphatic carbocycles. The van der Waals surface area contributed by atoms with E-state index in [2.05, 4.69) is 94.0 Å². The molecule has 1 fully saturated rings. The van der Waals surface area contributed by atoms with Gasteiger partial charge in [0.25, 0.3) is 0 Å². The van der Waals surface area contributed by atoms with Gasteiger partial charge in [-0.1, -0.05) is 61.2 Å². The molecule has 2 heteroatoms. The zero-order valence-electron chi connectivity index (χ0n) is 19.6. The van der Waals surface area contributed by atoms with Crippen LogP contribution in [-0.2, 0) is 12.5 Å². The van der Waals surface area contributed by atoms with Crippen molar-refractivity contribution in [1.29, 1.82) is 0 Å². The van der Waals surface area contributed by atoms with Crippen LogP contribution in [0.2, 0.25) is 0 Å². The molecular weight excluding hydrogens is 378 g/mol. The summed E-state index contributed by atoms with van der Waals surface area (Å²) in [5.41, 5.74) is 8.92. The maximum absolute atomic E-state index is 6.86. The number of benzene rings is 2. The van der Waals surface area contributed by atoms with Gasteiger partial charge in [-0.2, -0.15) is 0 Å². The van der Waals surface area contributed by atoms with Gasteiger partial charge < -0.3 is 4.74 Å². The molecule has 5 rings (SSSR count). The molecule has 0 atom stereocenters. The third-order valence-corrected chi connectivity index (χ3v) is 7.89. The van der Waals surface area contributed by atoms with Crippen molar-refractivity contribution in [2.45, 2.75) is 70.8 Å². The second kappa shape index (κ2) is 7.22. The Balaban J connectivity index is 1.70. The molecule has 0 unspecified atom stereocenters. The molecule has 0 bridgehead atoms. The Morgan fingerprint density at radius 3 is 2.26 bits per heavy atom. The SMILES string of the molecule is Cc1ccc(-c2cc[n+](C)c(-c3c(C)ccc4c3OC(C)(C)C43CCCCC3)c2)cc1. The van der Waals surface area contributed by atoms with Gasteiger partial charge in [-0.05, 0) is 57.2 Å². The number of aryl methyl sites for hydroxylation is 3. The van der Waals surface area contributed by atoms with Gasteiger partial charge in [-0.25, -0.2) is 4.57 Å². The first kappa shape index (κ1) is 20.3. The molecule has 31 heavy (non-hydrogen) atoms. The number of fused-ring (bicyclic) bond motifs is 2. The molecule has 160 valence electrons. The summed E-state index contributed by atoms with van der Waals surface area (Å²) in [5.74, 6) is 1.11. The molecule has 1 aliphatic heterocycles. The number of rotatable bonds is 2. The van der Waals surface area contributed by atoms with E-state index in [4.69, 9.17) is 4.74 Å². The summed E-state index contributed by atoms with van der Waals surface area (Å²) in [5, 5.41) is 0. The van der Waals surface area contributed by atoms with Crippen molar-refractivity contribution in [3.05, 3.63) is 71.4 Å². The first-order chi connectivity index (χ1) is 14.8. The molecule has 2 nitrogen and oxygen atoms in total. The highest BCUT2D eigenvalue weighted by atomic mass is 16.5. The maximum atomic E-state index is 6.86. The van der Waals surface area contributed by atoms with E-state index in [1.807, 2.05) is 0 Å². The monoisotopic (exact) mass is 412 g/mol. The largest absolute Gasteiger partial charge is 0.486 e. The number of nitrogens with zero attached hydrogens (tertiary/aromatic N) is 1. The van der Waals surface area contributed by atoms with Crippen molar-refractivity contribution in [2.24, 2.45) is 7.05 Å². The van der Waals surface area contributed by atoms with E-state index in [0.717, 1.165) is 5.75 Å². The fourth-order valence-corrected chi connectivity index (χ4v) is 5.93. The normalized spacial score (nSPS) is 18.6. The summed E-state index contributed by atoms with van der Waals surface area (Å²) in [6, 6.07) is 18.0. The van der Waals surface area contributed by atoms with E-state index in [-0.39, 0.29) is 11.0 Å². The number of pyridine rings is 1. The van der Waals surface area contributed by atoms with E-state index in [9.17, 15) is 0 Å². The lowest BCUT2D eigenvalue weighted by molar-refractivity contribution is -0.660. The lowest BCUT2D eigenvalue weighted by Crippen LogP contribution is -2.47. The summed E-state index contributed by atoms with van der Waals surface area (Å²) >= 11 is 0. The predicted molar refractivity (Wildman–Crippen MR) is 127 cm³/mol. The molecule has 1 aromatic heterocycles. The van der Waals surface area contributed by atoms with Crippen molar-refractivity contribution in [2.75, 3.05) is 0 Å². The van der Waals surface area contributed by atoms with E-state index in [0.29, 0.717) is 0 Å². The Bertz CT molecular complexity index is 1130. The third-order valence-electron chi connectivity index (χ3n) is 7.89. The van der Waals surface area contributed by atoms with Crippen molar-refractivity contribution >= 4 is 0 Å². The number of hydrogen-bond donors (Lipinski definition) is 0. The molecule has 2 heterocycles. The van der Waals surface area contributed by atoms with Gasteiger partial charge in [0.15, 0.2) is 6.20 Å². The molecule has 2 aliphatic rings. The van der Waals surface area contributed by atoms with Gasteiger partial charge in [-0.3, -0.25) is 0 Å². The first-order valence-electron chi connectivity index (χ1n) is 11.7. The van der Waals surface area contributed by atoms with Gasteiger partial charge in [-0.15, -0.1) is 0 Å². The van der Waals surface area contributed by atoms with Crippen molar-refractivity contribution < 1.29 is 9.30 Å². The maximum Gasteiger partial charge on any atom is 0.216 e. The van der Waals surface area contributed by atoms with Crippen molar-refractivity contribution in [3.63, 3.8) is 0 Å². The molecule has 0 radical (unpaired) electrons. The predicted octanol–water partition coefficient (Wildman–Crippen LogP) is 6.83. The van der Waals surface area contributed by atoms with Crippen LogP contribution in [0.3, 0.4) is 0 Å². The van der Waals surface area contributed by atoms with Crippen LogP contribution in [0.5, 0.6) is 5.75 Å². The van der Waals surface area contributed by atoms with Gasteiger partial charge in [0.1, 0.15) is 18.4 Å². The molecule has 1 saturated carbocycles. The molecule has 0 N–H and O–H groups in total. The van der Waals surface area contributed by atoms with Crippen molar-refractivity contribution in [3.8, 4) is 28.1 Å². The molecule has 3 aromatic rings. The average Bonchev–Trinajstić information content (AvgIpc) is 2.96. The Labute approximate surface area is 186 Å². The summed E-state index contributed by atoms with van der Waals surface area (Å²) in [6.45, 7) is 8.97. The molecule has 2 aromatic carbocycles. The third kappa shape index (κ3) is 3.11. The van der Waals surface area contributed by atoms with E-state index in [1.165, 1.54) is 71.2 Å².